The van der Waals surface area contributed by atoms with E-state index < -0.39 is 0 Å². The predicted molar refractivity (Wildman–Crippen MR) is 89.2 cm³/mol. The highest BCUT2D eigenvalue weighted by molar-refractivity contribution is 5.91. The Morgan fingerprint density at radius 1 is 0.857 bits per heavy atom. The fourth-order valence-electron chi connectivity index (χ4n) is 3.07. The van der Waals surface area contributed by atoms with Gasteiger partial charge in [-0.05, 0) is 31.4 Å². The van der Waals surface area contributed by atoms with Gasteiger partial charge in [0.25, 0.3) is 0 Å². The van der Waals surface area contributed by atoms with Gasteiger partial charge in [-0.2, -0.15) is 0 Å². The Bertz CT molecular complexity index is 416. The lowest BCUT2D eigenvalue weighted by molar-refractivity contribution is 0.314. The molecular formula is C18H28N2O. The van der Waals surface area contributed by atoms with E-state index in [4.69, 9.17) is 0 Å². The monoisotopic (exact) mass is 288 g/mol. The Morgan fingerprint density at radius 2 is 1.48 bits per heavy atom. The molecule has 1 aliphatic carbocycles. The number of para-hydroxylation sites is 1. The van der Waals surface area contributed by atoms with E-state index in [2.05, 4.69) is 22.6 Å². The van der Waals surface area contributed by atoms with Crippen molar-refractivity contribution >= 4 is 11.4 Å². The summed E-state index contributed by atoms with van der Waals surface area (Å²) in [6.07, 6.45) is 12.2. The molecule has 0 saturated heterocycles. The van der Waals surface area contributed by atoms with Crippen molar-refractivity contribution in [2.24, 2.45) is 5.16 Å². The Hall–Kier alpha value is -1.51. The van der Waals surface area contributed by atoms with Gasteiger partial charge in [-0.3, -0.25) is 0 Å². The molecule has 1 atom stereocenters. The molecule has 116 valence electrons. The highest BCUT2D eigenvalue weighted by atomic mass is 16.4. The number of hydrogen-bond donors (Lipinski definition) is 2. The molecule has 3 nitrogen and oxygen atoms in total. The minimum absolute atomic E-state index is 0.164. The van der Waals surface area contributed by atoms with E-state index in [1.54, 1.807) is 0 Å². The first kappa shape index (κ1) is 15.9. The molecule has 0 amide bonds. The standard InChI is InChI=1S/C18H28N2O/c21-20-18-15-11-6-4-2-1-3-5-10-14-17(18)19-16-12-8-7-9-13-16/h7-9,12-13,17,19,21H,1-6,10-11,14-15H2/b20-18+. The third kappa shape index (κ3) is 5.78. The highest BCUT2D eigenvalue weighted by Crippen LogP contribution is 2.19. The Labute approximate surface area is 128 Å². The van der Waals surface area contributed by atoms with Crippen LogP contribution in [0.25, 0.3) is 0 Å². The minimum Gasteiger partial charge on any atom is -0.411 e. The second kappa shape index (κ2) is 9.43. The summed E-state index contributed by atoms with van der Waals surface area (Å²) >= 11 is 0. The van der Waals surface area contributed by atoms with Crippen molar-refractivity contribution in [3.8, 4) is 0 Å². The zero-order chi connectivity index (χ0) is 14.8. The number of nitrogens with zero attached hydrogens (tertiary/aromatic N) is 1. The number of hydrogen-bond acceptors (Lipinski definition) is 3. The van der Waals surface area contributed by atoms with Gasteiger partial charge in [-0.25, -0.2) is 0 Å². The average molecular weight is 288 g/mol. The molecule has 1 saturated carbocycles. The van der Waals surface area contributed by atoms with Crippen molar-refractivity contribution < 1.29 is 5.21 Å². The Kier molecular flexibility index (Phi) is 7.13. The van der Waals surface area contributed by atoms with Crippen LogP contribution in [0.4, 0.5) is 5.69 Å². The smallest absolute Gasteiger partial charge is 0.0792 e. The number of nitrogens with one attached hydrogen (secondary N) is 1. The fraction of sp³-hybridized carbons (Fsp3) is 0.611. The largest absolute Gasteiger partial charge is 0.411 e. The molecule has 1 fully saturated rings. The van der Waals surface area contributed by atoms with E-state index in [-0.39, 0.29) is 6.04 Å². The van der Waals surface area contributed by atoms with Crippen LogP contribution in [0, 0.1) is 0 Å². The van der Waals surface area contributed by atoms with Gasteiger partial charge in [0.1, 0.15) is 0 Å². The lowest BCUT2D eigenvalue weighted by atomic mass is 9.96. The zero-order valence-electron chi connectivity index (χ0n) is 12.9. The van der Waals surface area contributed by atoms with E-state index in [9.17, 15) is 5.21 Å². The molecule has 2 N–H and O–H groups in total. The number of rotatable bonds is 2. The third-order valence-electron chi connectivity index (χ3n) is 4.32. The summed E-state index contributed by atoms with van der Waals surface area (Å²) in [5, 5.41) is 16.5. The van der Waals surface area contributed by atoms with Gasteiger partial charge in [-0.1, -0.05) is 68.3 Å². The van der Waals surface area contributed by atoms with Gasteiger partial charge >= 0.3 is 0 Å². The number of anilines is 1. The molecule has 2 rings (SSSR count). The first-order valence-corrected chi connectivity index (χ1v) is 8.42. The quantitative estimate of drug-likeness (QED) is 0.579. The van der Waals surface area contributed by atoms with E-state index >= 15 is 0 Å². The van der Waals surface area contributed by atoms with Crippen LogP contribution in [-0.4, -0.2) is 17.0 Å². The van der Waals surface area contributed by atoms with E-state index in [1.165, 1.54) is 44.9 Å². The van der Waals surface area contributed by atoms with Crippen LogP contribution in [0.1, 0.15) is 64.2 Å². The van der Waals surface area contributed by atoms with Crippen molar-refractivity contribution in [1.82, 2.24) is 0 Å². The predicted octanol–water partition coefficient (Wildman–Crippen LogP) is 5.21. The van der Waals surface area contributed by atoms with Gasteiger partial charge in [0.15, 0.2) is 0 Å². The first-order valence-electron chi connectivity index (χ1n) is 8.42. The molecule has 1 aromatic carbocycles. The molecule has 1 aromatic rings. The van der Waals surface area contributed by atoms with E-state index in [0.717, 1.165) is 30.7 Å². The van der Waals surface area contributed by atoms with Gasteiger partial charge in [0.2, 0.25) is 0 Å². The normalized spacial score (nSPS) is 24.0. The summed E-state index contributed by atoms with van der Waals surface area (Å²) in [5.74, 6) is 0. The number of oxime groups is 1. The first-order chi connectivity index (χ1) is 10.4. The topological polar surface area (TPSA) is 44.6 Å². The molecule has 0 heterocycles. The van der Waals surface area contributed by atoms with Gasteiger partial charge in [0.05, 0.1) is 11.8 Å². The molecule has 0 aromatic heterocycles. The van der Waals surface area contributed by atoms with Crippen LogP contribution < -0.4 is 5.32 Å². The van der Waals surface area contributed by atoms with Crippen LogP contribution in [0.3, 0.4) is 0 Å². The Morgan fingerprint density at radius 3 is 2.14 bits per heavy atom. The van der Waals surface area contributed by atoms with E-state index in [0.29, 0.717) is 0 Å². The molecular weight excluding hydrogens is 260 g/mol. The van der Waals surface area contributed by atoms with Gasteiger partial charge in [0, 0.05) is 5.69 Å². The number of benzene rings is 1. The van der Waals surface area contributed by atoms with Crippen molar-refractivity contribution in [2.75, 3.05) is 5.32 Å². The minimum atomic E-state index is 0.164. The van der Waals surface area contributed by atoms with E-state index in [1.807, 2.05) is 18.2 Å². The maximum atomic E-state index is 9.39. The van der Waals surface area contributed by atoms with Crippen molar-refractivity contribution in [3.63, 3.8) is 0 Å². The zero-order valence-corrected chi connectivity index (χ0v) is 12.9. The summed E-state index contributed by atoms with van der Waals surface area (Å²) in [5.41, 5.74) is 2.02. The maximum absolute atomic E-state index is 9.39. The highest BCUT2D eigenvalue weighted by Gasteiger charge is 2.16. The van der Waals surface area contributed by atoms with Gasteiger partial charge < -0.3 is 10.5 Å². The second-order valence-corrected chi connectivity index (χ2v) is 6.02. The molecule has 1 aliphatic rings. The Balaban J connectivity index is 2.00. The van der Waals surface area contributed by atoms with Crippen molar-refractivity contribution in [1.29, 1.82) is 0 Å². The summed E-state index contributed by atoms with van der Waals surface area (Å²) in [6, 6.07) is 10.4. The average Bonchev–Trinajstić information content (AvgIpc) is 2.51. The molecule has 0 aliphatic heterocycles. The summed E-state index contributed by atoms with van der Waals surface area (Å²) in [7, 11) is 0. The summed E-state index contributed by atoms with van der Waals surface area (Å²) < 4.78 is 0. The van der Waals surface area contributed by atoms with Crippen LogP contribution in [0.2, 0.25) is 0 Å². The lowest BCUT2D eigenvalue weighted by Gasteiger charge is -2.21. The third-order valence-corrected chi connectivity index (χ3v) is 4.32. The summed E-state index contributed by atoms with van der Waals surface area (Å²) in [6.45, 7) is 0. The van der Waals surface area contributed by atoms with Gasteiger partial charge in [-0.15, -0.1) is 0 Å². The fourth-order valence-corrected chi connectivity index (χ4v) is 3.07. The van der Waals surface area contributed by atoms with Crippen molar-refractivity contribution in [3.05, 3.63) is 30.3 Å². The van der Waals surface area contributed by atoms with Crippen LogP contribution in [-0.2, 0) is 0 Å². The van der Waals surface area contributed by atoms with Crippen LogP contribution in [0.15, 0.2) is 35.5 Å². The lowest BCUT2D eigenvalue weighted by Crippen LogP contribution is -2.30. The van der Waals surface area contributed by atoms with Crippen LogP contribution >= 0.6 is 0 Å². The van der Waals surface area contributed by atoms with Crippen molar-refractivity contribution in [2.45, 2.75) is 70.3 Å². The molecule has 0 bridgehead atoms. The maximum Gasteiger partial charge on any atom is 0.0792 e. The molecule has 21 heavy (non-hydrogen) atoms. The summed E-state index contributed by atoms with van der Waals surface area (Å²) in [4.78, 5) is 0. The molecule has 1 unspecified atom stereocenters. The molecule has 0 radical (unpaired) electrons. The second-order valence-electron chi connectivity index (χ2n) is 6.02. The molecule has 3 heteroatoms. The molecule has 0 spiro atoms. The van der Waals surface area contributed by atoms with Crippen LogP contribution in [0.5, 0.6) is 0 Å². The SMILES string of the molecule is O/N=C1\CCCCCCCCCCC1Nc1ccccc1.